The van der Waals surface area contributed by atoms with E-state index in [0.717, 1.165) is 55.2 Å². The van der Waals surface area contributed by atoms with Crippen LogP contribution in [-0.4, -0.2) is 26.3 Å². The van der Waals surface area contributed by atoms with Crippen LogP contribution < -0.4 is 10.6 Å². The molecule has 0 aromatic heterocycles. The molecular weight excluding hydrogens is 488 g/mol. The largest absolute Gasteiger partial charge is 0.384 e. The molecule has 0 fully saturated rings. The number of fused-ring (bicyclic) bond motifs is 4. The minimum Gasteiger partial charge on any atom is -0.384 e. The zero-order valence-electron chi connectivity index (χ0n) is 21.3. The number of halogens is 1. The van der Waals surface area contributed by atoms with E-state index in [-0.39, 0.29) is 0 Å². The van der Waals surface area contributed by atoms with Gasteiger partial charge in [-0.2, -0.15) is 0 Å². The molecule has 0 bridgehead atoms. The Labute approximate surface area is 228 Å². The molecule has 0 saturated carbocycles. The van der Waals surface area contributed by atoms with Gasteiger partial charge in [-0.3, -0.25) is 0 Å². The second-order valence-electron chi connectivity index (χ2n) is 9.74. The molecular formula is C34H31ClN2O. The molecule has 0 aliphatic heterocycles. The second-order valence-corrected chi connectivity index (χ2v) is 10.1. The fourth-order valence-electron chi connectivity index (χ4n) is 5.19. The lowest BCUT2D eigenvalue weighted by Crippen LogP contribution is -2.09. The molecule has 0 heterocycles. The molecule has 0 saturated heterocycles. The summed E-state index contributed by atoms with van der Waals surface area (Å²) < 4.78 is 5.92. The van der Waals surface area contributed by atoms with Gasteiger partial charge in [0.15, 0.2) is 0 Å². The van der Waals surface area contributed by atoms with Crippen molar-refractivity contribution in [1.82, 2.24) is 0 Å². The van der Waals surface area contributed by atoms with E-state index in [1.54, 1.807) is 0 Å². The third-order valence-corrected chi connectivity index (χ3v) is 7.46. The second kappa shape index (κ2) is 11.3. The molecule has 2 N–H and O–H groups in total. The van der Waals surface area contributed by atoms with Gasteiger partial charge in [0.1, 0.15) is 0 Å². The number of hydrogen-bond acceptors (Lipinski definition) is 3. The van der Waals surface area contributed by atoms with Crippen molar-refractivity contribution >= 4 is 66.1 Å². The van der Waals surface area contributed by atoms with Crippen LogP contribution >= 0.6 is 11.6 Å². The van der Waals surface area contributed by atoms with Gasteiger partial charge >= 0.3 is 0 Å². The number of ether oxygens (including phenoxy) is 1. The van der Waals surface area contributed by atoms with E-state index in [4.69, 9.17) is 16.3 Å². The molecule has 4 heteroatoms. The highest BCUT2D eigenvalue weighted by molar-refractivity contribution is 6.36. The third kappa shape index (κ3) is 5.26. The van der Waals surface area contributed by atoms with E-state index in [9.17, 15) is 0 Å². The zero-order chi connectivity index (χ0) is 25.7. The van der Waals surface area contributed by atoms with Gasteiger partial charge in [0.2, 0.25) is 0 Å². The quantitative estimate of drug-likeness (QED) is 0.140. The highest BCUT2D eigenvalue weighted by Gasteiger charge is 2.06. The van der Waals surface area contributed by atoms with Crippen molar-refractivity contribution in [2.45, 2.75) is 12.8 Å². The maximum atomic E-state index is 6.45. The Morgan fingerprint density at radius 3 is 1.66 bits per heavy atom. The highest BCUT2D eigenvalue weighted by atomic mass is 35.5. The SMILES string of the molecule is Clc1cccc2cc3cccc(NCCCOCCCNc4cccc5cc6ccccc6cc45)c3cc12. The molecule has 0 radical (unpaired) electrons. The first-order valence-electron chi connectivity index (χ1n) is 13.3. The van der Waals surface area contributed by atoms with Crippen LogP contribution in [0.1, 0.15) is 12.8 Å². The molecule has 6 aromatic rings. The van der Waals surface area contributed by atoms with E-state index >= 15 is 0 Å². The fraction of sp³-hybridized carbons (Fsp3) is 0.176. The fourth-order valence-corrected chi connectivity index (χ4v) is 5.42. The van der Waals surface area contributed by atoms with Crippen molar-refractivity contribution in [2.24, 2.45) is 0 Å². The van der Waals surface area contributed by atoms with E-state index in [1.165, 1.54) is 43.4 Å². The summed E-state index contributed by atoms with van der Waals surface area (Å²) in [4.78, 5) is 0. The van der Waals surface area contributed by atoms with Crippen molar-refractivity contribution in [3.63, 3.8) is 0 Å². The van der Waals surface area contributed by atoms with Crippen LogP contribution in [0.4, 0.5) is 11.4 Å². The Bertz CT molecular complexity index is 1730. The van der Waals surface area contributed by atoms with Crippen LogP contribution in [0.15, 0.2) is 103 Å². The molecule has 0 atom stereocenters. The van der Waals surface area contributed by atoms with E-state index in [2.05, 4.69) is 102 Å². The van der Waals surface area contributed by atoms with Crippen LogP contribution in [0, 0.1) is 0 Å². The smallest absolute Gasteiger partial charge is 0.0484 e. The summed E-state index contributed by atoms with van der Waals surface area (Å²) in [5.74, 6) is 0. The standard InChI is InChI=1S/C34H31ClN2O/c35-32-13-3-10-26-21-28-12-5-15-34(31(28)23-29(26)32)37-17-7-19-38-18-6-16-36-33-14-4-11-27-20-24-8-1-2-9-25(24)22-30(27)33/h1-5,8-15,20-23,36-37H,6-7,16-19H2. The Morgan fingerprint density at radius 1 is 0.500 bits per heavy atom. The summed E-state index contributed by atoms with van der Waals surface area (Å²) in [5, 5.41) is 17.7. The highest BCUT2D eigenvalue weighted by Crippen LogP contribution is 2.32. The Balaban J connectivity index is 0.964. The van der Waals surface area contributed by atoms with Gasteiger partial charge < -0.3 is 15.4 Å². The molecule has 0 unspecified atom stereocenters. The average molecular weight is 519 g/mol. The first-order valence-corrected chi connectivity index (χ1v) is 13.7. The third-order valence-electron chi connectivity index (χ3n) is 7.13. The van der Waals surface area contributed by atoms with E-state index < -0.39 is 0 Å². The molecule has 6 aromatic carbocycles. The van der Waals surface area contributed by atoms with Gasteiger partial charge in [0.25, 0.3) is 0 Å². The summed E-state index contributed by atoms with van der Waals surface area (Å²) in [6.45, 7) is 3.24. The number of rotatable bonds is 10. The van der Waals surface area contributed by atoms with Crippen LogP contribution in [0.3, 0.4) is 0 Å². The van der Waals surface area contributed by atoms with Crippen molar-refractivity contribution < 1.29 is 4.74 Å². The van der Waals surface area contributed by atoms with E-state index in [0.29, 0.717) is 0 Å². The lowest BCUT2D eigenvalue weighted by atomic mass is 10.0. The van der Waals surface area contributed by atoms with Crippen molar-refractivity contribution in [3.05, 3.63) is 108 Å². The topological polar surface area (TPSA) is 33.3 Å². The molecule has 190 valence electrons. The summed E-state index contributed by atoms with van der Waals surface area (Å²) in [5.41, 5.74) is 2.32. The maximum Gasteiger partial charge on any atom is 0.0484 e. The van der Waals surface area contributed by atoms with Crippen molar-refractivity contribution in [3.8, 4) is 0 Å². The maximum absolute atomic E-state index is 6.45. The Hall–Kier alpha value is -3.79. The lowest BCUT2D eigenvalue weighted by molar-refractivity contribution is 0.133. The summed E-state index contributed by atoms with van der Waals surface area (Å²) >= 11 is 6.45. The first kappa shape index (κ1) is 24.5. The predicted molar refractivity (Wildman–Crippen MR) is 165 cm³/mol. The van der Waals surface area contributed by atoms with Crippen LogP contribution in [-0.2, 0) is 4.74 Å². The number of anilines is 2. The van der Waals surface area contributed by atoms with Gasteiger partial charge in [-0.1, -0.05) is 72.3 Å². The van der Waals surface area contributed by atoms with Gasteiger partial charge in [-0.15, -0.1) is 0 Å². The minimum absolute atomic E-state index is 0.743. The minimum atomic E-state index is 0.743. The first-order chi connectivity index (χ1) is 18.8. The normalized spacial score (nSPS) is 11.5. The number of nitrogens with one attached hydrogen (secondary N) is 2. The molecule has 6 rings (SSSR count). The number of benzene rings is 6. The Morgan fingerprint density at radius 2 is 1.00 bits per heavy atom. The molecule has 3 nitrogen and oxygen atoms in total. The van der Waals surface area contributed by atoms with Crippen LogP contribution in [0.5, 0.6) is 0 Å². The van der Waals surface area contributed by atoms with Gasteiger partial charge in [-0.05, 0) is 82.2 Å². The van der Waals surface area contributed by atoms with E-state index in [1.807, 2.05) is 12.1 Å². The van der Waals surface area contributed by atoms with Gasteiger partial charge in [-0.25, -0.2) is 0 Å². The molecule has 0 aliphatic carbocycles. The molecule has 0 spiro atoms. The van der Waals surface area contributed by atoms with Crippen LogP contribution in [0.2, 0.25) is 5.02 Å². The van der Waals surface area contributed by atoms with Gasteiger partial charge in [0.05, 0.1) is 0 Å². The lowest BCUT2D eigenvalue weighted by Gasteiger charge is -2.12. The Kier molecular flexibility index (Phi) is 7.30. The number of hydrogen-bond donors (Lipinski definition) is 2. The average Bonchev–Trinajstić information content (AvgIpc) is 2.94. The molecule has 0 aliphatic rings. The molecule has 0 amide bonds. The molecule has 38 heavy (non-hydrogen) atoms. The summed E-state index contributed by atoms with van der Waals surface area (Å²) in [6.07, 6.45) is 1.92. The predicted octanol–water partition coefficient (Wildman–Crippen LogP) is 9.27. The van der Waals surface area contributed by atoms with Crippen LogP contribution in [0.25, 0.3) is 43.1 Å². The van der Waals surface area contributed by atoms with Gasteiger partial charge in [0, 0.05) is 58.9 Å². The van der Waals surface area contributed by atoms with Crippen molar-refractivity contribution in [2.75, 3.05) is 36.9 Å². The van der Waals surface area contributed by atoms with Crippen molar-refractivity contribution in [1.29, 1.82) is 0 Å². The zero-order valence-corrected chi connectivity index (χ0v) is 22.1. The monoisotopic (exact) mass is 518 g/mol. The summed E-state index contributed by atoms with van der Waals surface area (Å²) in [6, 6.07) is 36.4. The summed E-state index contributed by atoms with van der Waals surface area (Å²) in [7, 11) is 0.